The summed E-state index contributed by atoms with van der Waals surface area (Å²) >= 11 is 0. The van der Waals surface area contributed by atoms with Crippen molar-refractivity contribution >= 4 is 22.1 Å². The third-order valence-corrected chi connectivity index (χ3v) is 7.61. The van der Waals surface area contributed by atoms with Crippen molar-refractivity contribution in [1.29, 1.82) is 0 Å². The molecule has 0 radical (unpaired) electrons. The molecule has 1 aliphatic rings. The molecular weight excluding hydrogens is 260 g/mol. The van der Waals surface area contributed by atoms with E-state index in [0.717, 1.165) is 0 Å². The topological polar surface area (TPSA) is 35.5 Å². The minimum atomic E-state index is -1.63. The van der Waals surface area contributed by atoms with E-state index >= 15 is 0 Å². The Balaban J connectivity index is 3.27. The molecule has 0 amide bonds. The van der Waals surface area contributed by atoms with Crippen LogP contribution in [0.1, 0.15) is 13.8 Å². The molecule has 0 aromatic carbocycles. The number of hydrogen-bond acceptors (Lipinski definition) is 3. The molecule has 1 heterocycles. The van der Waals surface area contributed by atoms with Crippen molar-refractivity contribution in [2.75, 3.05) is 0 Å². The number of carbonyl (C=O) groups excluding carboxylic acids is 1. The Morgan fingerprint density at radius 3 is 1.94 bits per heavy atom. The molecule has 18 heavy (non-hydrogen) atoms. The zero-order valence-electron chi connectivity index (χ0n) is 12.9. The molecule has 0 aliphatic carbocycles. The SMILES string of the molecule is CC(C)OC1=C([Si](C)(C)C)C([Si](C)(C)C)C(=O)O1. The molecule has 0 bridgehead atoms. The molecule has 0 saturated carbocycles. The van der Waals surface area contributed by atoms with E-state index in [-0.39, 0.29) is 17.6 Å². The molecule has 1 unspecified atom stereocenters. The van der Waals surface area contributed by atoms with Crippen LogP contribution in [0.4, 0.5) is 0 Å². The summed E-state index contributed by atoms with van der Waals surface area (Å²) in [6, 6.07) is 0. The fourth-order valence-electron chi connectivity index (χ4n) is 2.27. The van der Waals surface area contributed by atoms with Crippen molar-refractivity contribution in [3.8, 4) is 0 Å². The summed E-state index contributed by atoms with van der Waals surface area (Å²) in [5, 5.41) is 1.18. The van der Waals surface area contributed by atoms with Gasteiger partial charge < -0.3 is 9.47 Å². The second-order valence-corrected chi connectivity index (χ2v) is 17.7. The van der Waals surface area contributed by atoms with Crippen molar-refractivity contribution in [1.82, 2.24) is 0 Å². The van der Waals surface area contributed by atoms with E-state index in [4.69, 9.17) is 9.47 Å². The molecule has 0 aromatic rings. The Morgan fingerprint density at radius 1 is 1.11 bits per heavy atom. The predicted octanol–water partition coefficient (Wildman–Crippen LogP) is 3.77. The van der Waals surface area contributed by atoms with E-state index in [2.05, 4.69) is 39.3 Å². The first kappa shape index (κ1) is 15.5. The Bertz CT molecular complexity index is 373. The largest absolute Gasteiger partial charge is 0.463 e. The average Bonchev–Trinajstić information content (AvgIpc) is 2.38. The Hall–Kier alpha value is -0.556. The van der Waals surface area contributed by atoms with Crippen LogP contribution in [0.2, 0.25) is 44.8 Å². The maximum atomic E-state index is 12.2. The minimum Gasteiger partial charge on any atom is -0.463 e. The molecule has 1 aliphatic heterocycles. The summed E-state index contributed by atoms with van der Waals surface area (Å²) in [5.41, 5.74) is -0.0297. The number of ether oxygens (including phenoxy) is 2. The summed E-state index contributed by atoms with van der Waals surface area (Å²) < 4.78 is 11.2. The highest BCUT2D eigenvalue weighted by Crippen LogP contribution is 2.44. The van der Waals surface area contributed by atoms with E-state index in [1.165, 1.54) is 5.20 Å². The van der Waals surface area contributed by atoms with Gasteiger partial charge in [0.05, 0.1) is 27.8 Å². The van der Waals surface area contributed by atoms with Crippen LogP contribution in [0.5, 0.6) is 0 Å². The summed E-state index contributed by atoms with van der Waals surface area (Å²) in [4.78, 5) is 12.2. The molecule has 3 nitrogen and oxygen atoms in total. The molecular formula is C13H26O3Si2. The lowest BCUT2D eigenvalue weighted by atomic mass is 10.4. The molecule has 5 heteroatoms. The van der Waals surface area contributed by atoms with Crippen molar-refractivity contribution in [3.63, 3.8) is 0 Å². The number of rotatable bonds is 4. The minimum absolute atomic E-state index is 0.0297. The lowest BCUT2D eigenvalue weighted by Crippen LogP contribution is -2.39. The molecule has 0 aromatic heterocycles. The van der Waals surface area contributed by atoms with Crippen LogP contribution in [0, 0.1) is 0 Å². The second kappa shape index (κ2) is 4.85. The Labute approximate surface area is 113 Å². The van der Waals surface area contributed by atoms with E-state index in [1.807, 2.05) is 13.8 Å². The van der Waals surface area contributed by atoms with Gasteiger partial charge in [0, 0.05) is 5.20 Å². The fraction of sp³-hybridized carbons (Fsp3) is 0.769. The van der Waals surface area contributed by atoms with Gasteiger partial charge in [0.15, 0.2) is 0 Å². The van der Waals surface area contributed by atoms with Crippen molar-refractivity contribution in [2.24, 2.45) is 0 Å². The van der Waals surface area contributed by atoms with Gasteiger partial charge in [-0.05, 0) is 13.8 Å². The van der Waals surface area contributed by atoms with Crippen LogP contribution >= 0.6 is 0 Å². The third-order valence-electron chi connectivity index (χ3n) is 2.95. The van der Waals surface area contributed by atoms with Crippen LogP contribution in [0.15, 0.2) is 11.1 Å². The van der Waals surface area contributed by atoms with Gasteiger partial charge in [-0.25, -0.2) is 0 Å². The first-order chi connectivity index (χ1) is 7.94. The van der Waals surface area contributed by atoms with Crippen LogP contribution in [0.25, 0.3) is 0 Å². The lowest BCUT2D eigenvalue weighted by molar-refractivity contribution is -0.142. The lowest BCUT2D eigenvalue weighted by Gasteiger charge is -2.29. The highest BCUT2D eigenvalue weighted by Gasteiger charge is 2.49. The zero-order chi connectivity index (χ0) is 14.3. The standard InChI is InChI=1S/C13H26O3Si2/c1-9(2)15-13-11(18(6,7)8)10(12(14)16-13)17(3,4)5/h9-10H,1-8H3. The first-order valence-corrected chi connectivity index (χ1v) is 13.7. The molecule has 0 spiro atoms. The molecule has 1 rings (SSSR count). The Morgan fingerprint density at radius 2 is 1.61 bits per heavy atom. The van der Waals surface area contributed by atoms with Crippen LogP contribution in [-0.2, 0) is 14.3 Å². The van der Waals surface area contributed by atoms with E-state index < -0.39 is 16.1 Å². The van der Waals surface area contributed by atoms with E-state index in [0.29, 0.717) is 5.95 Å². The molecule has 1 atom stereocenters. The van der Waals surface area contributed by atoms with Crippen molar-refractivity contribution in [2.45, 2.75) is 64.8 Å². The summed E-state index contributed by atoms with van der Waals surface area (Å²) in [6.45, 7) is 17.3. The van der Waals surface area contributed by atoms with Crippen LogP contribution < -0.4 is 0 Å². The number of hydrogen-bond donors (Lipinski definition) is 0. The monoisotopic (exact) mass is 286 g/mol. The van der Waals surface area contributed by atoms with Gasteiger partial charge in [-0.1, -0.05) is 39.3 Å². The quantitative estimate of drug-likeness (QED) is 0.583. The molecule has 0 saturated heterocycles. The van der Waals surface area contributed by atoms with Crippen molar-refractivity contribution in [3.05, 3.63) is 11.1 Å². The van der Waals surface area contributed by atoms with Gasteiger partial charge in [0.25, 0.3) is 5.95 Å². The van der Waals surface area contributed by atoms with Crippen LogP contribution in [-0.4, -0.2) is 28.2 Å². The predicted molar refractivity (Wildman–Crippen MR) is 79.8 cm³/mol. The highest BCUT2D eigenvalue weighted by molar-refractivity contribution is 6.90. The summed E-state index contributed by atoms with van der Waals surface area (Å²) in [5.74, 6) is 0.420. The van der Waals surface area contributed by atoms with Gasteiger partial charge in [-0.15, -0.1) is 0 Å². The Kier molecular flexibility index (Phi) is 4.17. The number of cyclic esters (lactones) is 1. The van der Waals surface area contributed by atoms with E-state index in [9.17, 15) is 4.79 Å². The maximum absolute atomic E-state index is 12.2. The molecule has 0 N–H and O–H groups in total. The van der Waals surface area contributed by atoms with Gasteiger partial charge in [-0.2, -0.15) is 0 Å². The first-order valence-electron chi connectivity index (χ1n) is 6.57. The fourth-order valence-corrected chi connectivity index (χ4v) is 8.32. The number of esters is 1. The van der Waals surface area contributed by atoms with E-state index in [1.54, 1.807) is 0 Å². The smallest absolute Gasteiger partial charge is 0.317 e. The zero-order valence-corrected chi connectivity index (χ0v) is 14.9. The van der Waals surface area contributed by atoms with Crippen molar-refractivity contribution < 1.29 is 14.3 Å². The average molecular weight is 287 g/mol. The molecule has 104 valence electrons. The highest BCUT2D eigenvalue weighted by atomic mass is 28.3. The van der Waals surface area contributed by atoms with Crippen LogP contribution in [0.3, 0.4) is 0 Å². The van der Waals surface area contributed by atoms with Gasteiger partial charge >= 0.3 is 5.97 Å². The van der Waals surface area contributed by atoms with Gasteiger partial charge in [0.1, 0.15) is 0 Å². The molecule has 0 fully saturated rings. The summed E-state index contributed by atoms with van der Waals surface area (Å²) in [7, 11) is -3.26. The van der Waals surface area contributed by atoms with Gasteiger partial charge in [-0.3, -0.25) is 4.79 Å². The van der Waals surface area contributed by atoms with Gasteiger partial charge in [0.2, 0.25) is 0 Å². The number of carbonyl (C=O) groups is 1. The summed E-state index contributed by atoms with van der Waals surface area (Å²) in [6.07, 6.45) is 0.0412. The normalized spacial score (nSPS) is 21.6. The third kappa shape index (κ3) is 3.26. The maximum Gasteiger partial charge on any atom is 0.317 e. The second-order valence-electron chi connectivity index (χ2n) is 7.34.